The van der Waals surface area contributed by atoms with Crippen LogP contribution in [0.5, 0.6) is 5.75 Å². The van der Waals surface area contributed by atoms with Crippen LogP contribution in [0.1, 0.15) is 24.1 Å². The third-order valence-corrected chi connectivity index (χ3v) is 5.84. The van der Waals surface area contributed by atoms with Crippen LogP contribution in [-0.2, 0) is 4.79 Å². The highest BCUT2D eigenvalue weighted by Crippen LogP contribution is 2.38. The fourth-order valence-corrected chi connectivity index (χ4v) is 4.16. The molecule has 2 N–H and O–H groups in total. The number of thiazole rings is 1. The first kappa shape index (κ1) is 25.0. The summed E-state index contributed by atoms with van der Waals surface area (Å²) in [5.74, 6) is -1.85. The first-order chi connectivity index (χ1) is 15.6. The van der Waals surface area contributed by atoms with E-state index in [1.165, 1.54) is 0 Å². The number of benzene rings is 1. The predicted molar refractivity (Wildman–Crippen MR) is 119 cm³/mol. The van der Waals surface area contributed by atoms with E-state index in [9.17, 15) is 13.2 Å². The highest BCUT2D eigenvalue weighted by molar-refractivity contribution is 7.12. The second-order valence-corrected chi connectivity index (χ2v) is 8.67. The molecule has 1 saturated heterocycles. The van der Waals surface area contributed by atoms with Crippen molar-refractivity contribution in [3.63, 3.8) is 0 Å². The zero-order chi connectivity index (χ0) is 24.2. The Bertz CT molecular complexity index is 1100. The Morgan fingerprint density at radius 2 is 1.94 bits per heavy atom. The smallest absolute Gasteiger partial charge is 0.489 e. The van der Waals surface area contributed by atoms with Gasteiger partial charge < -0.3 is 15.2 Å². The van der Waals surface area contributed by atoms with Crippen LogP contribution in [-0.4, -0.2) is 51.2 Å². The Morgan fingerprint density at radius 3 is 2.52 bits per heavy atom. The van der Waals surface area contributed by atoms with E-state index in [2.05, 4.69) is 15.4 Å². The van der Waals surface area contributed by atoms with Crippen LogP contribution >= 0.6 is 22.9 Å². The van der Waals surface area contributed by atoms with Gasteiger partial charge in [0.15, 0.2) is 0 Å². The molecule has 0 aliphatic carbocycles. The summed E-state index contributed by atoms with van der Waals surface area (Å²) in [6.07, 6.45) is 0.960. The Hall–Kier alpha value is -2.63. The van der Waals surface area contributed by atoms with Gasteiger partial charge in [-0.15, -0.1) is 11.3 Å². The van der Waals surface area contributed by atoms with Crippen molar-refractivity contribution in [3.05, 3.63) is 46.2 Å². The van der Waals surface area contributed by atoms with E-state index in [4.69, 9.17) is 26.2 Å². The van der Waals surface area contributed by atoms with E-state index < -0.39 is 12.1 Å². The van der Waals surface area contributed by atoms with Gasteiger partial charge in [-0.1, -0.05) is 11.6 Å². The lowest BCUT2D eigenvalue weighted by Crippen LogP contribution is -2.34. The van der Waals surface area contributed by atoms with Crippen molar-refractivity contribution in [1.82, 2.24) is 20.1 Å². The van der Waals surface area contributed by atoms with Crippen molar-refractivity contribution in [3.8, 4) is 22.0 Å². The largest absolute Gasteiger partial charge is 0.490 e. The second-order valence-electron chi connectivity index (χ2n) is 7.36. The predicted octanol–water partition coefficient (Wildman–Crippen LogP) is 5.03. The molecule has 3 heterocycles. The number of piperidine rings is 1. The van der Waals surface area contributed by atoms with E-state index in [0.29, 0.717) is 5.02 Å². The number of halogens is 4. The number of aryl methyl sites for hydroxylation is 2. The molecule has 0 amide bonds. The summed E-state index contributed by atoms with van der Waals surface area (Å²) in [4.78, 5) is 13.2. The number of hydrogen-bond donors (Lipinski definition) is 2. The topological polar surface area (TPSA) is 89.3 Å². The summed E-state index contributed by atoms with van der Waals surface area (Å²) in [5, 5.41) is 18.6. The van der Waals surface area contributed by atoms with Gasteiger partial charge in [-0.25, -0.2) is 14.5 Å². The number of nitrogens with one attached hydrogen (secondary N) is 1. The quantitative estimate of drug-likeness (QED) is 0.520. The monoisotopic (exact) mass is 502 g/mol. The van der Waals surface area contributed by atoms with E-state index in [0.717, 1.165) is 59.2 Å². The first-order valence-corrected chi connectivity index (χ1v) is 11.3. The third kappa shape index (κ3) is 6.46. The van der Waals surface area contributed by atoms with Crippen molar-refractivity contribution in [2.45, 2.75) is 39.0 Å². The maximum absolute atomic E-state index is 10.6. The number of carboxylic acid groups (broad SMARTS) is 1. The molecule has 1 fully saturated rings. The number of rotatable bonds is 4. The SMILES string of the molecule is Cc1cc(Cl)cc(-c2cn(-c3nccs3)nc2C)c1OC1CCNCC1.O=C(O)C(F)(F)F. The van der Waals surface area contributed by atoms with Crippen LogP contribution in [0.3, 0.4) is 0 Å². The minimum atomic E-state index is -5.08. The fraction of sp³-hybridized carbons (Fsp3) is 0.381. The summed E-state index contributed by atoms with van der Waals surface area (Å²) in [5.41, 5.74) is 3.99. The standard InChI is InChI=1S/C19H21ClN4OS.C2HF3O2/c1-12-9-14(20)10-16(18(12)25-15-3-5-21-6-4-15)17-11-24(23-13(17)2)19-22-7-8-26-19;3-2(4,5)1(6)7/h7-11,15,21H,3-6H2,1-2H3;(H,6,7). The van der Waals surface area contributed by atoms with Crippen molar-refractivity contribution in [2.75, 3.05) is 13.1 Å². The number of carboxylic acids is 1. The van der Waals surface area contributed by atoms with Gasteiger partial charge >= 0.3 is 12.1 Å². The molecule has 1 aromatic carbocycles. The van der Waals surface area contributed by atoms with Gasteiger partial charge in [0.1, 0.15) is 11.9 Å². The Morgan fingerprint density at radius 1 is 1.27 bits per heavy atom. The fourth-order valence-electron chi connectivity index (χ4n) is 3.32. The second kappa shape index (κ2) is 10.5. The minimum absolute atomic E-state index is 0.226. The number of alkyl halides is 3. The van der Waals surface area contributed by atoms with E-state index >= 15 is 0 Å². The summed E-state index contributed by atoms with van der Waals surface area (Å²) in [7, 11) is 0. The highest BCUT2D eigenvalue weighted by atomic mass is 35.5. The molecule has 0 bridgehead atoms. The van der Waals surface area contributed by atoms with Gasteiger partial charge in [-0.2, -0.15) is 18.3 Å². The van der Waals surface area contributed by atoms with Gasteiger partial charge in [0.2, 0.25) is 5.13 Å². The summed E-state index contributed by atoms with van der Waals surface area (Å²) in [6, 6.07) is 3.93. The number of hydrogen-bond acceptors (Lipinski definition) is 6. The van der Waals surface area contributed by atoms with Gasteiger partial charge in [-0.3, -0.25) is 0 Å². The number of ether oxygens (including phenoxy) is 1. The van der Waals surface area contributed by atoms with Crippen LogP contribution < -0.4 is 10.1 Å². The van der Waals surface area contributed by atoms with E-state index in [1.807, 2.05) is 42.2 Å². The maximum atomic E-state index is 10.6. The van der Waals surface area contributed by atoms with Crippen molar-refractivity contribution < 1.29 is 27.8 Å². The molecule has 178 valence electrons. The lowest BCUT2D eigenvalue weighted by molar-refractivity contribution is -0.192. The molecular formula is C21H22ClF3N4O3S. The molecule has 3 aromatic rings. The molecule has 2 aromatic heterocycles. The molecular weight excluding hydrogens is 481 g/mol. The lowest BCUT2D eigenvalue weighted by Gasteiger charge is -2.26. The Kier molecular flexibility index (Phi) is 7.98. The molecule has 0 spiro atoms. The van der Waals surface area contributed by atoms with Crippen LogP contribution in [0.25, 0.3) is 16.3 Å². The molecule has 4 rings (SSSR count). The molecule has 33 heavy (non-hydrogen) atoms. The molecule has 1 aliphatic rings. The molecule has 1 aliphatic heterocycles. The van der Waals surface area contributed by atoms with E-state index in [1.54, 1.807) is 17.5 Å². The zero-order valence-corrected chi connectivity index (χ0v) is 19.4. The Balaban J connectivity index is 0.000000383. The number of nitrogens with zero attached hydrogens (tertiary/aromatic N) is 3. The van der Waals surface area contributed by atoms with Crippen molar-refractivity contribution >= 4 is 28.9 Å². The van der Waals surface area contributed by atoms with Crippen molar-refractivity contribution in [2.24, 2.45) is 0 Å². The van der Waals surface area contributed by atoms with Crippen LogP contribution in [0, 0.1) is 13.8 Å². The maximum Gasteiger partial charge on any atom is 0.490 e. The molecule has 0 radical (unpaired) electrons. The molecule has 7 nitrogen and oxygen atoms in total. The van der Waals surface area contributed by atoms with Gasteiger partial charge in [0.05, 0.1) is 5.69 Å². The third-order valence-electron chi connectivity index (χ3n) is 4.86. The van der Waals surface area contributed by atoms with Crippen LogP contribution in [0.4, 0.5) is 13.2 Å². The van der Waals surface area contributed by atoms with Crippen LogP contribution in [0.2, 0.25) is 5.02 Å². The molecule has 0 atom stereocenters. The molecule has 0 saturated carbocycles. The average Bonchev–Trinajstić information content (AvgIpc) is 3.40. The number of aliphatic carboxylic acids is 1. The van der Waals surface area contributed by atoms with Gasteiger partial charge in [0.25, 0.3) is 0 Å². The normalized spacial score (nSPS) is 14.5. The summed E-state index contributed by atoms with van der Waals surface area (Å²) >= 11 is 7.93. The minimum Gasteiger partial charge on any atom is -0.489 e. The first-order valence-electron chi connectivity index (χ1n) is 10.0. The summed E-state index contributed by atoms with van der Waals surface area (Å²) < 4.78 is 40.0. The summed E-state index contributed by atoms with van der Waals surface area (Å²) in [6.45, 7) is 6.04. The number of carbonyl (C=O) groups is 1. The lowest BCUT2D eigenvalue weighted by atomic mass is 10.0. The molecule has 0 unspecified atom stereocenters. The van der Waals surface area contributed by atoms with Gasteiger partial charge in [-0.05, 0) is 57.5 Å². The van der Waals surface area contributed by atoms with Gasteiger partial charge in [0, 0.05) is 33.9 Å². The average molecular weight is 503 g/mol. The zero-order valence-electron chi connectivity index (χ0n) is 17.8. The highest BCUT2D eigenvalue weighted by Gasteiger charge is 2.38. The number of aromatic nitrogens is 3. The van der Waals surface area contributed by atoms with Crippen molar-refractivity contribution in [1.29, 1.82) is 0 Å². The van der Waals surface area contributed by atoms with E-state index in [-0.39, 0.29) is 6.10 Å². The molecule has 12 heteroatoms. The van der Waals surface area contributed by atoms with Crippen LogP contribution in [0.15, 0.2) is 29.9 Å². The Labute approximate surface area is 197 Å².